The van der Waals surface area contributed by atoms with Crippen molar-refractivity contribution < 1.29 is 23.7 Å². The predicted octanol–water partition coefficient (Wildman–Crippen LogP) is 3.83. The third-order valence-electron chi connectivity index (χ3n) is 5.62. The van der Waals surface area contributed by atoms with E-state index in [0.29, 0.717) is 12.8 Å². The Bertz CT molecular complexity index is 1160. The molecule has 2 atom stereocenters. The van der Waals surface area contributed by atoms with Gasteiger partial charge in [0.05, 0.1) is 33.7 Å². The number of nitro groups is 1. The van der Waals surface area contributed by atoms with Gasteiger partial charge >= 0.3 is 0 Å². The first-order valence-corrected chi connectivity index (χ1v) is 9.65. The molecular formula is C22H18FN3O5. The standard InChI is InChI=1S/C22H18FN3O5/c1-12-6-8-14-16(10-12)22(29)25(21(14)28)19-5-3-2-4-15(19)20(27)24-18-11-13(26(30)31)7-9-17(18)23/h2-7,9,11,14,16H,8,10H2,1H3,(H,24,27)/t14-,16-/m1/s1. The van der Waals surface area contributed by atoms with Crippen LogP contribution in [0.4, 0.5) is 21.5 Å². The maximum atomic E-state index is 14.1. The van der Waals surface area contributed by atoms with Gasteiger partial charge in [-0.25, -0.2) is 9.29 Å². The molecule has 1 aliphatic carbocycles. The third-order valence-corrected chi connectivity index (χ3v) is 5.62. The smallest absolute Gasteiger partial charge is 0.271 e. The van der Waals surface area contributed by atoms with E-state index in [1.807, 2.05) is 13.0 Å². The number of amides is 3. The van der Waals surface area contributed by atoms with E-state index in [2.05, 4.69) is 5.32 Å². The van der Waals surface area contributed by atoms with Crippen LogP contribution in [0.1, 0.15) is 30.1 Å². The van der Waals surface area contributed by atoms with E-state index in [0.717, 1.165) is 28.7 Å². The molecule has 3 amide bonds. The lowest BCUT2D eigenvalue weighted by Gasteiger charge is -2.19. The number of hydrogen-bond acceptors (Lipinski definition) is 5. The predicted molar refractivity (Wildman–Crippen MR) is 110 cm³/mol. The molecule has 0 unspecified atom stereocenters. The van der Waals surface area contributed by atoms with Crippen molar-refractivity contribution in [3.63, 3.8) is 0 Å². The summed E-state index contributed by atoms with van der Waals surface area (Å²) in [5, 5.41) is 13.3. The number of fused-ring (bicyclic) bond motifs is 1. The number of para-hydroxylation sites is 1. The number of rotatable bonds is 4. The molecule has 2 aromatic rings. The molecule has 1 N–H and O–H groups in total. The van der Waals surface area contributed by atoms with E-state index >= 15 is 0 Å². The van der Waals surface area contributed by atoms with Crippen LogP contribution in [0.3, 0.4) is 0 Å². The second-order valence-corrected chi connectivity index (χ2v) is 7.61. The molecule has 1 aliphatic heterocycles. The van der Waals surface area contributed by atoms with Gasteiger partial charge < -0.3 is 5.32 Å². The monoisotopic (exact) mass is 423 g/mol. The van der Waals surface area contributed by atoms with Crippen LogP contribution < -0.4 is 10.2 Å². The maximum Gasteiger partial charge on any atom is 0.271 e. The van der Waals surface area contributed by atoms with Crippen molar-refractivity contribution >= 4 is 34.8 Å². The zero-order valence-electron chi connectivity index (χ0n) is 16.5. The van der Waals surface area contributed by atoms with Crippen molar-refractivity contribution in [1.82, 2.24) is 0 Å². The number of nitrogens with one attached hydrogen (secondary N) is 1. The molecule has 8 nitrogen and oxygen atoms in total. The molecule has 0 spiro atoms. The molecule has 2 aliphatic rings. The van der Waals surface area contributed by atoms with Crippen molar-refractivity contribution in [2.75, 3.05) is 10.2 Å². The number of allylic oxidation sites excluding steroid dienone is 2. The first-order valence-electron chi connectivity index (χ1n) is 9.65. The van der Waals surface area contributed by atoms with Crippen molar-refractivity contribution in [3.8, 4) is 0 Å². The summed E-state index contributed by atoms with van der Waals surface area (Å²) in [4.78, 5) is 50.2. The van der Waals surface area contributed by atoms with Crippen LogP contribution in [0.25, 0.3) is 0 Å². The quantitative estimate of drug-likeness (QED) is 0.348. The molecule has 9 heteroatoms. The second-order valence-electron chi connectivity index (χ2n) is 7.61. The minimum atomic E-state index is -0.850. The Hall–Kier alpha value is -3.88. The fourth-order valence-corrected chi connectivity index (χ4v) is 4.05. The topological polar surface area (TPSA) is 110 Å². The van der Waals surface area contributed by atoms with E-state index < -0.39 is 28.5 Å². The van der Waals surface area contributed by atoms with E-state index in [1.54, 1.807) is 12.1 Å². The van der Waals surface area contributed by atoms with Crippen molar-refractivity contribution in [2.45, 2.75) is 19.8 Å². The Balaban J connectivity index is 1.66. The van der Waals surface area contributed by atoms with Crippen molar-refractivity contribution in [3.05, 3.63) is 75.6 Å². The average Bonchev–Trinajstić information content (AvgIpc) is 2.99. The van der Waals surface area contributed by atoms with Gasteiger partial charge in [0.2, 0.25) is 11.8 Å². The third kappa shape index (κ3) is 3.58. The van der Waals surface area contributed by atoms with Gasteiger partial charge in [-0.05, 0) is 38.0 Å². The van der Waals surface area contributed by atoms with E-state index in [1.165, 1.54) is 12.1 Å². The molecule has 0 aromatic heterocycles. The van der Waals surface area contributed by atoms with Crippen LogP contribution in [0, 0.1) is 27.8 Å². The number of non-ortho nitro benzene ring substituents is 1. The first kappa shape index (κ1) is 20.4. The van der Waals surface area contributed by atoms with Gasteiger partial charge in [-0.2, -0.15) is 0 Å². The number of nitro benzene ring substituents is 1. The van der Waals surface area contributed by atoms with Gasteiger partial charge in [0.1, 0.15) is 5.82 Å². The highest BCUT2D eigenvalue weighted by molar-refractivity contribution is 6.25. The largest absolute Gasteiger partial charge is 0.319 e. The summed E-state index contributed by atoms with van der Waals surface area (Å²) in [7, 11) is 0. The van der Waals surface area contributed by atoms with Crippen molar-refractivity contribution in [1.29, 1.82) is 0 Å². The van der Waals surface area contributed by atoms with Crippen LogP contribution in [-0.4, -0.2) is 22.6 Å². The number of nitrogens with zero attached hydrogens (tertiary/aromatic N) is 2. The normalized spacial score (nSPS) is 20.3. The summed E-state index contributed by atoms with van der Waals surface area (Å²) in [5.41, 5.74) is 0.367. The molecule has 31 heavy (non-hydrogen) atoms. The van der Waals surface area contributed by atoms with E-state index in [4.69, 9.17) is 0 Å². The van der Waals surface area contributed by atoms with E-state index in [-0.39, 0.29) is 34.4 Å². The highest BCUT2D eigenvalue weighted by atomic mass is 19.1. The summed E-state index contributed by atoms with van der Waals surface area (Å²) >= 11 is 0. The van der Waals surface area contributed by atoms with Crippen LogP contribution in [-0.2, 0) is 9.59 Å². The van der Waals surface area contributed by atoms with Crippen molar-refractivity contribution in [2.24, 2.45) is 11.8 Å². The average molecular weight is 423 g/mol. The van der Waals surface area contributed by atoms with Gasteiger partial charge in [-0.1, -0.05) is 23.8 Å². The Labute approximate surface area is 176 Å². The first-order chi connectivity index (χ1) is 14.8. The molecule has 1 fully saturated rings. The fourth-order valence-electron chi connectivity index (χ4n) is 4.05. The second kappa shape index (κ2) is 7.75. The number of halogens is 1. The Morgan fingerprint density at radius 1 is 1.16 bits per heavy atom. The molecule has 1 saturated heterocycles. The molecule has 0 bridgehead atoms. The summed E-state index contributed by atoms with van der Waals surface area (Å²) in [5.74, 6) is -3.33. The van der Waals surface area contributed by atoms with Crippen LogP contribution in [0.5, 0.6) is 0 Å². The summed E-state index contributed by atoms with van der Waals surface area (Å²) in [6, 6.07) is 8.80. The SMILES string of the molecule is CC1=CC[C@H]2C(=O)N(c3ccccc3C(=O)Nc3cc([N+](=O)[O-])ccc3F)C(=O)[C@@H]2C1. The van der Waals surface area contributed by atoms with Gasteiger partial charge in [0.15, 0.2) is 0 Å². The molecule has 0 radical (unpaired) electrons. The molecule has 1 heterocycles. The van der Waals surface area contributed by atoms with Crippen LogP contribution in [0.15, 0.2) is 54.1 Å². The van der Waals surface area contributed by atoms with Gasteiger partial charge in [-0.15, -0.1) is 0 Å². The Morgan fingerprint density at radius 3 is 2.61 bits per heavy atom. The molecular weight excluding hydrogens is 405 g/mol. The zero-order chi connectivity index (χ0) is 22.3. The number of carbonyl (C=O) groups is 3. The summed E-state index contributed by atoms with van der Waals surface area (Å²) in [6.45, 7) is 1.91. The maximum absolute atomic E-state index is 14.1. The Morgan fingerprint density at radius 2 is 1.87 bits per heavy atom. The molecule has 4 rings (SSSR count). The highest BCUT2D eigenvalue weighted by Gasteiger charge is 2.49. The lowest BCUT2D eigenvalue weighted by atomic mass is 9.82. The lowest BCUT2D eigenvalue weighted by molar-refractivity contribution is -0.384. The van der Waals surface area contributed by atoms with Gasteiger partial charge in [0.25, 0.3) is 11.6 Å². The fraction of sp³-hybridized carbons (Fsp3) is 0.227. The number of imide groups is 1. The highest BCUT2D eigenvalue weighted by Crippen LogP contribution is 2.40. The zero-order valence-corrected chi connectivity index (χ0v) is 16.5. The minimum Gasteiger partial charge on any atom is -0.319 e. The lowest BCUT2D eigenvalue weighted by Crippen LogP contribution is -2.33. The van der Waals surface area contributed by atoms with Crippen LogP contribution >= 0.6 is 0 Å². The van der Waals surface area contributed by atoms with Crippen LogP contribution in [0.2, 0.25) is 0 Å². The molecule has 2 aromatic carbocycles. The Kier molecular flexibility index (Phi) is 5.10. The van der Waals surface area contributed by atoms with E-state index in [9.17, 15) is 28.9 Å². The molecule has 0 saturated carbocycles. The summed E-state index contributed by atoms with van der Waals surface area (Å²) in [6.07, 6.45) is 2.89. The number of anilines is 2. The number of carbonyl (C=O) groups excluding carboxylic acids is 3. The minimum absolute atomic E-state index is 0.0153. The molecule has 158 valence electrons. The summed E-state index contributed by atoms with van der Waals surface area (Å²) < 4.78 is 14.1. The number of benzene rings is 2. The van der Waals surface area contributed by atoms with Gasteiger partial charge in [0, 0.05) is 12.1 Å². The van der Waals surface area contributed by atoms with Gasteiger partial charge in [-0.3, -0.25) is 24.5 Å². The number of hydrogen-bond donors (Lipinski definition) is 1.